The van der Waals surface area contributed by atoms with E-state index in [2.05, 4.69) is 66.1 Å². The van der Waals surface area contributed by atoms with Gasteiger partial charge in [0.25, 0.3) is 0 Å². The highest BCUT2D eigenvalue weighted by molar-refractivity contribution is 5.12. The van der Waals surface area contributed by atoms with Gasteiger partial charge in [0, 0.05) is 42.9 Å². The summed E-state index contributed by atoms with van der Waals surface area (Å²) in [5.74, 6) is 0. The summed E-state index contributed by atoms with van der Waals surface area (Å²) in [4.78, 5) is 4.05. The lowest BCUT2D eigenvalue weighted by atomic mass is 10.1. The van der Waals surface area contributed by atoms with Crippen LogP contribution in [0.5, 0.6) is 0 Å². The number of hydrogen-bond acceptors (Lipinski definition) is 2. The molecule has 0 spiro atoms. The highest BCUT2D eigenvalue weighted by Crippen LogP contribution is 2.08. The van der Waals surface area contributed by atoms with E-state index in [0.29, 0.717) is 0 Å². The number of aromatic nitrogens is 2. The molecule has 3 nitrogen and oxygen atoms in total. The molecular formula is C16H23N3. The van der Waals surface area contributed by atoms with Crippen molar-refractivity contribution < 1.29 is 0 Å². The van der Waals surface area contributed by atoms with Gasteiger partial charge in [-0.25, -0.2) is 0 Å². The van der Waals surface area contributed by atoms with Gasteiger partial charge in [-0.3, -0.25) is 4.98 Å². The quantitative estimate of drug-likeness (QED) is 0.892. The normalized spacial score (nSPS) is 11.7. The van der Waals surface area contributed by atoms with E-state index in [0.717, 1.165) is 19.5 Å². The second kappa shape index (κ2) is 6.02. The second-order valence-electron chi connectivity index (χ2n) is 5.90. The first-order valence-corrected chi connectivity index (χ1v) is 6.82. The predicted octanol–water partition coefficient (Wildman–Crippen LogP) is 3.01. The molecule has 0 radical (unpaired) electrons. The van der Waals surface area contributed by atoms with Crippen molar-refractivity contribution in [1.29, 1.82) is 0 Å². The predicted molar refractivity (Wildman–Crippen MR) is 79.0 cm³/mol. The number of rotatable bonds is 5. The third-order valence-electron chi connectivity index (χ3n) is 3.11. The summed E-state index contributed by atoms with van der Waals surface area (Å²) in [7, 11) is 0. The lowest BCUT2D eigenvalue weighted by molar-refractivity contribution is 0.415. The van der Waals surface area contributed by atoms with Gasteiger partial charge in [-0.1, -0.05) is 0 Å². The lowest BCUT2D eigenvalue weighted by Gasteiger charge is -2.21. The SMILES string of the molecule is CC(C)(C)NCc1cccn1CCc1ccncc1. The molecule has 0 amide bonds. The third-order valence-corrected chi connectivity index (χ3v) is 3.11. The Morgan fingerprint density at radius 1 is 1.16 bits per heavy atom. The number of nitrogens with zero attached hydrogens (tertiary/aromatic N) is 2. The van der Waals surface area contributed by atoms with Crippen LogP contribution in [0.25, 0.3) is 0 Å². The first-order valence-electron chi connectivity index (χ1n) is 6.82. The molecule has 2 aromatic rings. The van der Waals surface area contributed by atoms with Crippen LogP contribution in [-0.4, -0.2) is 15.1 Å². The molecule has 1 N–H and O–H groups in total. The summed E-state index contributed by atoms with van der Waals surface area (Å²) in [5, 5.41) is 3.53. The average Bonchev–Trinajstić information content (AvgIpc) is 2.82. The third kappa shape index (κ3) is 4.52. The smallest absolute Gasteiger partial charge is 0.0363 e. The number of aryl methyl sites for hydroxylation is 2. The summed E-state index contributed by atoms with van der Waals surface area (Å²) >= 11 is 0. The Kier molecular flexibility index (Phi) is 4.38. The van der Waals surface area contributed by atoms with Crippen LogP contribution in [0.4, 0.5) is 0 Å². The molecule has 0 atom stereocenters. The van der Waals surface area contributed by atoms with Gasteiger partial charge in [0.1, 0.15) is 0 Å². The fraction of sp³-hybridized carbons (Fsp3) is 0.438. The highest BCUT2D eigenvalue weighted by Gasteiger charge is 2.09. The van der Waals surface area contributed by atoms with E-state index in [4.69, 9.17) is 0 Å². The molecule has 0 saturated carbocycles. The molecule has 0 fully saturated rings. The summed E-state index contributed by atoms with van der Waals surface area (Å²) in [5.41, 5.74) is 2.82. The van der Waals surface area contributed by atoms with Crippen LogP contribution in [0.15, 0.2) is 42.9 Å². The van der Waals surface area contributed by atoms with Gasteiger partial charge in [0.05, 0.1) is 0 Å². The van der Waals surface area contributed by atoms with Crippen molar-refractivity contribution in [3.8, 4) is 0 Å². The zero-order valence-corrected chi connectivity index (χ0v) is 12.1. The Morgan fingerprint density at radius 3 is 2.58 bits per heavy atom. The van der Waals surface area contributed by atoms with Crippen molar-refractivity contribution in [2.45, 2.75) is 45.8 Å². The molecule has 2 rings (SSSR count). The van der Waals surface area contributed by atoms with Crippen molar-refractivity contribution in [3.63, 3.8) is 0 Å². The standard InChI is InChI=1S/C16H23N3/c1-16(2,3)18-13-15-5-4-11-19(15)12-8-14-6-9-17-10-7-14/h4-7,9-11,18H,8,12-13H2,1-3H3. The van der Waals surface area contributed by atoms with E-state index in [1.165, 1.54) is 11.3 Å². The Morgan fingerprint density at radius 2 is 1.89 bits per heavy atom. The second-order valence-corrected chi connectivity index (χ2v) is 5.90. The molecule has 2 heterocycles. The monoisotopic (exact) mass is 257 g/mol. The first kappa shape index (κ1) is 13.8. The molecular weight excluding hydrogens is 234 g/mol. The Bertz CT molecular complexity index is 494. The van der Waals surface area contributed by atoms with Gasteiger partial charge in [-0.15, -0.1) is 0 Å². The summed E-state index contributed by atoms with van der Waals surface area (Å²) < 4.78 is 2.32. The summed E-state index contributed by atoms with van der Waals surface area (Å²) in [6.07, 6.45) is 6.90. The summed E-state index contributed by atoms with van der Waals surface area (Å²) in [6, 6.07) is 8.46. The van der Waals surface area contributed by atoms with Gasteiger partial charge < -0.3 is 9.88 Å². The van der Waals surface area contributed by atoms with Crippen molar-refractivity contribution in [2.24, 2.45) is 0 Å². The van der Waals surface area contributed by atoms with Crippen LogP contribution < -0.4 is 5.32 Å². The molecule has 0 bridgehead atoms. The maximum absolute atomic E-state index is 4.05. The first-order chi connectivity index (χ1) is 9.04. The van der Waals surface area contributed by atoms with Crippen LogP contribution in [0.1, 0.15) is 32.0 Å². The van der Waals surface area contributed by atoms with Crippen molar-refractivity contribution in [1.82, 2.24) is 14.9 Å². The van der Waals surface area contributed by atoms with Crippen molar-refractivity contribution >= 4 is 0 Å². The van der Waals surface area contributed by atoms with Crippen LogP contribution in [-0.2, 0) is 19.5 Å². The molecule has 102 valence electrons. The van der Waals surface area contributed by atoms with Crippen molar-refractivity contribution in [3.05, 3.63) is 54.1 Å². The highest BCUT2D eigenvalue weighted by atomic mass is 15.0. The van der Waals surface area contributed by atoms with E-state index in [1.807, 2.05) is 12.4 Å². The van der Waals surface area contributed by atoms with Crippen LogP contribution in [0.3, 0.4) is 0 Å². The Balaban J connectivity index is 1.92. The maximum atomic E-state index is 4.05. The molecule has 2 aromatic heterocycles. The molecule has 0 aliphatic rings. The molecule has 0 aromatic carbocycles. The van der Waals surface area contributed by atoms with Gasteiger partial charge in [0.2, 0.25) is 0 Å². The lowest BCUT2D eigenvalue weighted by Crippen LogP contribution is -2.35. The van der Waals surface area contributed by atoms with Gasteiger partial charge in [0.15, 0.2) is 0 Å². The zero-order chi connectivity index (χ0) is 13.7. The van der Waals surface area contributed by atoms with Crippen LogP contribution >= 0.6 is 0 Å². The molecule has 0 saturated heterocycles. The molecule has 0 aliphatic heterocycles. The molecule has 3 heteroatoms. The average molecular weight is 257 g/mol. The van der Waals surface area contributed by atoms with E-state index < -0.39 is 0 Å². The largest absolute Gasteiger partial charge is 0.350 e. The Labute approximate surface area is 115 Å². The van der Waals surface area contributed by atoms with Crippen LogP contribution in [0, 0.1) is 0 Å². The van der Waals surface area contributed by atoms with E-state index in [9.17, 15) is 0 Å². The topological polar surface area (TPSA) is 29.9 Å². The molecule has 0 unspecified atom stereocenters. The number of nitrogens with one attached hydrogen (secondary N) is 1. The van der Waals surface area contributed by atoms with E-state index in [1.54, 1.807) is 0 Å². The maximum Gasteiger partial charge on any atom is 0.0363 e. The van der Waals surface area contributed by atoms with Crippen molar-refractivity contribution in [2.75, 3.05) is 0 Å². The van der Waals surface area contributed by atoms with E-state index >= 15 is 0 Å². The Hall–Kier alpha value is -1.61. The minimum absolute atomic E-state index is 0.153. The summed E-state index contributed by atoms with van der Waals surface area (Å²) in [6.45, 7) is 8.50. The number of pyridine rings is 1. The molecule has 0 aliphatic carbocycles. The fourth-order valence-corrected chi connectivity index (χ4v) is 1.98. The fourth-order valence-electron chi connectivity index (χ4n) is 1.98. The zero-order valence-electron chi connectivity index (χ0n) is 12.1. The van der Waals surface area contributed by atoms with E-state index in [-0.39, 0.29) is 5.54 Å². The minimum atomic E-state index is 0.153. The van der Waals surface area contributed by atoms with Crippen LogP contribution in [0.2, 0.25) is 0 Å². The molecule has 19 heavy (non-hydrogen) atoms. The van der Waals surface area contributed by atoms with Gasteiger partial charge in [-0.2, -0.15) is 0 Å². The minimum Gasteiger partial charge on any atom is -0.350 e. The van der Waals surface area contributed by atoms with Gasteiger partial charge >= 0.3 is 0 Å². The van der Waals surface area contributed by atoms with Gasteiger partial charge in [-0.05, 0) is 57.0 Å². The number of hydrogen-bond donors (Lipinski definition) is 1.